The van der Waals surface area contributed by atoms with E-state index in [1.54, 1.807) is 0 Å². The maximum absolute atomic E-state index is 13.3. The first-order valence-electron chi connectivity index (χ1n) is 9.46. The highest BCUT2D eigenvalue weighted by Gasteiger charge is 2.06. The van der Waals surface area contributed by atoms with E-state index in [4.69, 9.17) is 0 Å². The summed E-state index contributed by atoms with van der Waals surface area (Å²) in [4.78, 5) is 2.36. The number of nitrogens with zero attached hydrogens (tertiary/aromatic N) is 1. The van der Waals surface area contributed by atoms with Gasteiger partial charge in [0.15, 0.2) is 0 Å². The lowest BCUT2D eigenvalue weighted by atomic mass is 9.97. The molecule has 3 rings (SSSR count). The average molecular weight is 359 g/mol. The van der Waals surface area contributed by atoms with Crippen LogP contribution >= 0.6 is 0 Å². The fraction of sp³-hybridized carbons (Fsp3) is 0.200. The third kappa shape index (κ3) is 5.90. The highest BCUT2D eigenvalue weighted by molar-refractivity contribution is 5.79. The van der Waals surface area contributed by atoms with Crippen LogP contribution in [0.3, 0.4) is 0 Å². The summed E-state index contributed by atoms with van der Waals surface area (Å²) in [6.07, 6.45) is 4.28. The van der Waals surface area contributed by atoms with E-state index in [2.05, 4.69) is 60.5 Å². The molecule has 1 nitrogen and oxygen atoms in total. The van der Waals surface area contributed by atoms with Crippen LogP contribution in [0.1, 0.15) is 23.1 Å². The number of rotatable bonds is 8. The number of benzene rings is 3. The van der Waals surface area contributed by atoms with E-state index in [0.29, 0.717) is 0 Å². The number of halogens is 1. The Labute approximate surface area is 161 Å². The van der Waals surface area contributed by atoms with Gasteiger partial charge in [0.2, 0.25) is 0 Å². The minimum atomic E-state index is -0.202. The lowest BCUT2D eigenvalue weighted by Crippen LogP contribution is -2.22. The predicted octanol–water partition coefficient (Wildman–Crippen LogP) is 5.82. The zero-order valence-corrected chi connectivity index (χ0v) is 15.8. The third-order valence-electron chi connectivity index (χ3n) is 4.72. The molecule has 0 saturated heterocycles. The molecule has 0 atom stereocenters. The Hall–Kier alpha value is -2.71. The number of hydrogen-bond donors (Lipinski definition) is 0. The number of likely N-dealkylation sites (N-methyl/N-ethyl adjacent to an activating group) is 1. The van der Waals surface area contributed by atoms with Crippen LogP contribution in [0, 0.1) is 5.82 Å². The van der Waals surface area contributed by atoms with E-state index in [1.807, 2.05) is 30.3 Å². The molecule has 0 unspecified atom stereocenters. The molecule has 2 heteroatoms. The molecule has 3 aromatic rings. The van der Waals surface area contributed by atoms with Gasteiger partial charge in [0.25, 0.3) is 0 Å². The maximum Gasteiger partial charge on any atom is 0.123 e. The van der Waals surface area contributed by atoms with Gasteiger partial charge in [-0.15, -0.1) is 0 Å². The van der Waals surface area contributed by atoms with Gasteiger partial charge < -0.3 is 4.90 Å². The van der Waals surface area contributed by atoms with Crippen LogP contribution in [0.5, 0.6) is 0 Å². The molecular formula is C25H26FN. The second-order valence-electron chi connectivity index (χ2n) is 6.82. The Bertz CT molecular complexity index is 839. The number of hydrogen-bond acceptors (Lipinski definition) is 1. The monoisotopic (exact) mass is 359 g/mol. The molecule has 0 aromatic heterocycles. The van der Waals surface area contributed by atoms with Gasteiger partial charge in [0, 0.05) is 13.1 Å². The lowest BCUT2D eigenvalue weighted by molar-refractivity contribution is 0.345. The highest BCUT2D eigenvalue weighted by Crippen LogP contribution is 2.24. The van der Waals surface area contributed by atoms with Crippen molar-refractivity contribution < 1.29 is 4.39 Å². The van der Waals surface area contributed by atoms with E-state index in [0.717, 1.165) is 42.6 Å². The van der Waals surface area contributed by atoms with Crippen LogP contribution in [-0.2, 0) is 6.42 Å². The Morgan fingerprint density at radius 2 is 1.37 bits per heavy atom. The van der Waals surface area contributed by atoms with E-state index in [-0.39, 0.29) is 5.82 Å². The van der Waals surface area contributed by atoms with Gasteiger partial charge in [-0.2, -0.15) is 0 Å². The molecule has 0 aliphatic heterocycles. The smallest absolute Gasteiger partial charge is 0.123 e. The van der Waals surface area contributed by atoms with Crippen molar-refractivity contribution >= 4 is 5.57 Å². The van der Waals surface area contributed by atoms with Gasteiger partial charge in [-0.1, -0.05) is 78.9 Å². The summed E-state index contributed by atoms with van der Waals surface area (Å²) < 4.78 is 13.3. The second-order valence-corrected chi connectivity index (χ2v) is 6.82. The molecule has 0 bridgehead atoms. The van der Waals surface area contributed by atoms with Crippen molar-refractivity contribution in [3.8, 4) is 0 Å². The molecule has 0 aliphatic carbocycles. The zero-order valence-electron chi connectivity index (χ0n) is 15.8. The molecule has 27 heavy (non-hydrogen) atoms. The van der Waals surface area contributed by atoms with Crippen molar-refractivity contribution in [2.45, 2.75) is 12.8 Å². The predicted molar refractivity (Wildman–Crippen MR) is 112 cm³/mol. The summed E-state index contributed by atoms with van der Waals surface area (Å²) in [5.41, 5.74) is 4.74. The van der Waals surface area contributed by atoms with E-state index < -0.39 is 0 Å². The van der Waals surface area contributed by atoms with Crippen LogP contribution in [0.25, 0.3) is 5.57 Å². The summed E-state index contributed by atoms with van der Waals surface area (Å²) in [7, 11) is 2.16. The Balaban J connectivity index is 1.64. The van der Waals surface area contributed by atoms with Gasteiger partial charge in [0.05, 0.1) is 0 Å². The Morgan fingerprint density at radius 3 is 2.04 bits per heavy atom. The topological polar surface area (TPSA) is 3.24 Å². The van der Waals surface area contributed by atoms with Crippen molar-refractivity contribution in [3.63, 3.8) is 0 Å². The van der Waals surface area contributed by atoms with Gasteiger partial charge in [-0.3, -0.25) is 0 Å². The van der Waals surface area contributed by atoms with Crippen LogP contribution in [-0.4, -0.2) is 25.0 Å². The van der Waals surface area contributed by atoms with E-state index in [1.165, 1.54) is 17.7 Å². The quantitative estimate of drug-likeness (QED) is 0.490. The molecular weight excluding hydrogens is 333 g/mol. The van der Waals surface area contributed by atoms with Crippen molar-refractivity contribution in [1.82, 2.24) is 4.90 Å². The summed E-state index contributed by atoms with van der Waals surface area (Å²) in [5, 5.41) is 0. The first-order chi connectivity index (χ1) is 13.2. The molecule has 3 aromatic carbocycles. The van der Waals surface area contributed by atoms with Crippen LogP contribution < -0.4 is 0 Å². The highest BCUT2D eigenvalue weighted by atomic mass is 19.1. The van der Waals surface area contributed by atoms with Gasteiger partial charge >= 0.3 is 0 Å². The summed E-state index contributed by atoms with van der Waals surface area (Å²) in [5.74, 6) is -0.202. The normalized spacial score (nSPS) is 11.7. The SMILES string of the molecule is CN(CC/C=C(/c1ccccc1)c1ccc(F)cc1)CCc1ccccc1. The molecule has 0 saturated carbocycles. The van der Waals surface area contributed by atoms with Crippen LogP contribution in [0.15, 0.2) is 91.0 Å². The molecule has 0 N–H and O–H groups in total. The van der Waals surface area contributed by atoms with Crippen LogP contribution in [0.2, 0.25) is 0 Å². The first-order valence-corrected chi connectivity index (χ1v) is 9.46. The van der Waals surface area contributed by atoms with E-state index >= 15 is 0 Å². The molecule has 0 radical (unpaired) electrons. The lowest BCUT2D eigenvalue weighted by Gasteiger charge is -2.16. The summed E-state index contributed by atoms with van der Waals surface area (Å²) >= 11 is 0. The van der Waals surface area contributed by atoms with Crippen molar-refractivity contribution in [2.24, 2.45) is 0 Å². The minimum Gasteiger partial charge on any atom is -0.306 e. The molecule has 0 fully saturated rings. The largest absolute Gasteiger partial charge is 0.306 e. The summed E-state index contributed by atoms with van der Waals surface area (Å²) in [6, 6.07) is 27.7. The first kappa shape index (κ1) is 19.1. The van der Waals surface area contributed by atoms with Gasteiger partial charge in [0.1, 0.15) is 5.82 Å². The van der Waals surface area contributed by atoms with Crippen molar-refractivity contribution in [2.75, 3.05) is 20.1 Å². The van der Waals surface area contributed by atoms with E-state index in [9.17, 15) is 4.39 Å². The van der Waals surface area contributed by atoms with Gasteiger partial charge in [-0.25, -0.2) is 4.39 Å². The summed E-state index contributed by atoms with van der Waals surface area (Å²) in [6.45, 7) is 2.03. The fourth-order valence-electron chi connectivity index (χ4n) is 3.16. The standard InChI is InChI=1S/C25H26FN/c1-27(20-18-21-9-4-2-5-10-21)19-8-13-25(22-11-6-3-7-12-22)23-14-16-24(26)17-15-23/h2-7,9-17H,8,18-20H2,1H3/b25-13-. The fourth-order valence-corrected chi connectivity index (χ4v) is 3.16. The average Bonchev–Trinajstić information content (AvgIpc) is 2.72. The third-order valence-corrected chi connectivity index (χ3v) is 4.72. The zero-order chi connectivity index (χ0) is 18.9. The minimum absolute atomic E-state index is 0.202. The second kappa shape index (κ2) is 9.84. The molecule has 0 heterocycles. The molecule has 0 spiro atoms. The van der Waals surface area contributed by atoms with Crippen molar-refractivity contribution in [3.05, 3.63) is 114 Å². The van der Waals surface area contributed by atoms with Gasteiger partial charge in [-0.05, 0) is 54.3 Å². The maximum atomic E-state index is 13.3. The Morgan fingerprint density at radius 1 is 0.778 bits per heavy atom. The molecule has 0 aliphatic rings. The Kier molecular flexibility index (Phi) is 6.95. The molecule has 138 valence electrons. The van der Waals surface area contributed by atoms with Crippen molar-refractivity contribution in [1.29, 1.82) is 0 Å². The van der Waals surface area contributed by atoms with Crippen LogP contribution in [0.4, 0.5) is 4.39 Å². The molecule has 0 amide bonds.